The lowest BCUT2D eigenvalue weighted by Crippen LogP contribution is -1.99. The Hall–Kier alpha value is -0.350. The van der Waals surface area contributed by atoms with Crippen LogP contribution in [0.1, 0.15) is 22.3 Å². The fourth-order valence-electron chi connectivity index (χ4n) is 1.36. The first-order valence-corrected chi connectivity index (χ1v) is 7.17. The van der Waals surface area contributed by atoms with E-state index in [9.17, 15) is 4.79 Å². The van der Waals surface area contributed by atoms with Gasteiger partial charge in [-0.3, -0.25) is 4.79 Å². The van der Waals surface area contributed by atoms with Crippen LogP contribution in [-0.4, -0.2) is 5.78 Å². The Morgan fingerprint density at radius 2 is 2.19 bits per heavy atom. The number of carbonyl (C=O) groups is 1. The third-order valence-corrected chi connectivity index (χ3v) is 4.40. The molecule has 0 aromatic carbocycles. The van der Waals surface area contributed by atoms with Crippen LogP contribution in [0.4, 0.5) is 0 Å². The van der Waals surface area contributed by atoms with Crippen LogP contribution in [-0.2, 0) is 6.42 Å². The van der Waals surface area contributed by atoms with Gasteiger partial charge in [-0.25, -0.2) is 0 Å². The van der Waals surface area contributed by atoms with Crippen LogP contribution in [0.3, 0.4) is 0 Å². The van der Waals surface area contributed by atoms with E-state index < -0.39 is 0 Å². The molecule has 2 heterocycles. The summed E-state index contributed by atoms with van der Waals surface area (Å²) in [6, 6.07) is 3.67. The third kappa shape index (κ3) is 2.86. The van der Waals surface area contributed by atoms with Crippen LogP contribution in [0.15, 0.2) is 22.9 Å². The van der Waals surface area contributed by atoms with Crippen molar-refractivity contribution in [2.24, 2.45) is 0 Å². The second-order valence-corrected chi connectivity index (χ2v) is 6.36. The molecule has 0 bridgehead atoms. The van der Waals surface area contributed by atoms with Gasteiger partial charge >= 0.3 is 0 Å². The monoisotopic (exact) mass is 290 g/mol. The van der Waals surface area contributed by atoms with Crippen molar-refractivity contribution in [3.05, 3.63) is 42.7 Å². The van der Waals surface area contributed by atoms with Crippen LogP contribution < -0.4 is 0 Å². The highest BCUT2D eigenvalue weighted by Gasteiger charge is 2.13. The maximum atomic E-state index is 11.8. The number of hydrogen-bond acceptors (Lipinski definition) is 3. The lowest BCUT2D eigenvalue weighted by atomic mass is 10.1. The molecule has 0 aliphatic heterocycles. The quantitative estimate of drug-likeness (QED) is 0.730. The first-order chi connectivity index (χ1) is 7.66. The molecule has 2 rings (SSSR count). The summed E-state index contributed by atoms with van der Waals surface area (Å²) >= 11 is 14.6. The zero-order valence-corrected chi connectivity index (χ0v) is 11.3. The molecule has 0 fully saturated rings. The second-order valence-electron chi connectivity index (χ2n) is 3.29. The van der Waals surface area contributed by atoms with E-state index >= 15 is 0 Å². The van der Waals surface area contributed by atoms with E-state index in [-0.39, 0.29) is 5.78 Å². The van der Waals surface area contributed by atoms with E-state index in [2.05, 4.69) is 5.38 Å². The van der Waals surface area contributed by atoms with E-state index in [0.717, 1.165) is 6.42 Å². The summed E-state index contributed by atoms with van der Waals surface area (Å²) in [6.07, 6.45) is 1.23. The molecule has 0 unspecified atom stereocenters. The van der Waals surface area contributed by atoms with Crippen molar-refractivity contribution in [1.29, 1.82) is 0 Å². The number of thiophene rings is 2. The standard InChI is InChI=1S/C11H8Cl2OS2/c12-10-5-8(11(13)16-10)9(14)2-1-7-3-4-15-6-7/h3-6H,1-2H2. The maximum absolute atomic E-state index is 11.8. The van der Waals surface area contributed by atoms with Crippen LogP contribution in [0.5, 0.6) is 0 Å². The minimum absolute atomic E-state index is 0.0550. The van der Waals surface area contributed by atoms with Crippen molar-refractivity contribution in [1.82, 2.24) is 0 Å². The number of hydrogen-bond donors (Lipinski definition) is 0. The van der Waals surface area contributed by atoms with Crippen LogP contribution in [0, 0.1) is 0 Å². The molecule has 0 aliphatic carbocycles. The highest BCUT2D eigenvalue weighted by atomic mass is 35.5. The Balaban J connectivity index is 2.01. The van der Waals surface area contributed by atoms with Crippen LogP contribution in [0.25, 0.3) is 0 Å². The molecular formula is C11H8Cl2OS2. The molecule has 84 valence electrons. The molecule has 2 aromatic rings. The number of carbonyl (C=O) groups excluding carboxylic acids is 1. The average molecular weight is 291 g/mol. The van der Waals surface area contributed by atoms with Gasteiger partial charge in [-0.15, -0.1) is 11.3 Å². The zero-order chi connectivity index (χ0) is 11.5. The summed E-state index contributed by atoms with van der Waals surface area (Å²) < 4.78 is 1.05. The highest BCUT2D eigenvalue weighted by molar-refractivity contribution is 7.20. The lowest BCUT2D eigenvalue weighted by molar-refractivity contribution is 0.0983. The molecule has 0 radical (unpaired) electrons. The van der Waals surface area contributed by atoms with Gasteiger partial charge in [0.05, 0.1) is 4.34 Å². The van der Waals surface area contributed by atoms with Crippen molar-refractivity contribution >= 4 is 51.7 Å². The Bertz CT molecular complexity index is 488. The molecule has 0 aliphatic rings. The minimum atomic E-state index is 0.0550. The number of aryl methyl sites for hydroxylation is 1. The summed E-state index contributed by atoms with van der Waals surface area (Å²) in [5, 5.41) is 4.06. The Morgan fingerprint density at radius 3 is 2.75 bits per heavy atom. The fraction of sp³-hybridized carbons (Fsp3) is 0.182. The number of ketones is 1. The highest BCUT2D eigenvalue weighted by Crippen LogP contribution is 2.32. The molecule has 0 saturated heterocycles. The topological polar surface area (TPSA) is 17.1 Å². The third-order valence-electron chi connectivity index (χ3n) is 2.18. The van der Waals surface area contributed by atoms with E-state index in [1.807, 2.05) is 11.4 Å². The van der Waals surface area contributed by atoms with Gasteiger partial charge < -0.3 is 0 Å². The van der Waals surface area contributed by atoms with Gasteiger partial charge in [0, 0.05) is 12.0 Å². The van der Waals surface area contributed by atoms with Gasteiger partial charge in [-0.1, -0.05) is 23.2 Å². The van der Waals surface area contributed by atoms with E-state index in [1.54, 1.807) is 17.4 Å². The average Bonchev–Trinajstić information content (AvgIpc) is 2.84. The number of rotatable bonds is 4. The first kappa shape index (κ1) is 12.1. The van der Waals surface area contributed by atoms with E-state index in [1.165, 1.54) is 16.9 Å². The van der Waals surface area contributed by atoms with Crippen molar-refractivity contribution in [3.8, 4) is 0 Å². The molecule has 0 spiro atoms. The fourth-order valence-corrected chi connectivity index (χ4v) is 3.56. The first-order valence-electron chi connectivity index (χ1n) is 4.66. The summed E-state index contributed by atoms with van der Waals surface area (Å²) in [5.74, 6) is 0.0550. The van der Waals surface area contributed by atoms with Crippen LogP contribution >= 0.6 is 45.9 Å². The van der Waals surface area contributed by atoms with Crippen molar-refractivity contribution in [2.75, 3.05) is 0 Å². The van der Waals surface area contributed by atoms with Gasteiger partial charge in [-0.05, 0) is 34.9 Å². The molecule has 0 atom stereocenters. The maximum Gasteiger partial charge on any atom is 0.165 e. The number of Topliss-reactive ketones (excluding diaryl/α,β-unsaturated/α-hetero) is 1. The van der Waals surface area contributed by atoms with Crippen molar-refractivity contribution in [2.45, 2.75) is 12.8 Å². The predicted molar refractivity (Wildman–Crippen MR) is 71.3 cm³/mol. The Morgan fingerprint density at radius 1 is 1.38 bits per heavy atom. The summed E-state index contributed by atoms with van der Waals surface area (Å²) in [4.78, 5) is 11.8. The molecule has 0 N–H and O–H groups in total. The molecule has 2 aromatic heterocycles. The minimum Gasteiger partial charge on any atom is -0.294 e. The van der Waals surface area contributed by atoms with Gasteiger partial charge in [0.2, 0.25) is 0 Å². The summed E-state index contributed by atoms with van der Waals surface area (Å²) in [7, 11) is 0. The van der Waals surface area contributed by atoms with Crippen LogP contribution in [0.2, 0.25) is 8.67 Å². The molecule has 1 nitrogen and oxygen atoms in total. The van der Waals surface area contributed by atoms with Gasteiger partial charge in [0.15, 0.2) is 5.78 Å². The molecule has 16 heavy (non-hydrogen) atoms. The molecule has 5 heteroatoms. The second kappa shape index (κ2) is 5.32. The van der Waals surface area contributed by atoms with E-state index in [0.29, 0.717) is 20.7 Å². The van der Waals surface area contributed by atoms with Gasteiger partial charge in [0.1, 0.15) is 4.34 Å². The normalized spacial score (nSPS) is 10.6. The van der Waals surface area contributed by atoms with Gasteiger partial charge in [-0.2, -0.15) is 11.3 Å². The Labute approximate surface area is 112 Å². The molecule has 0 saturated carbocycles. The van der Waals surface area contributed by atoms with Crippen molar-refractivity contribution < 1.29 is 4.79 Å². The predicted octanol–water partition coefficient (Wildman–Crippen LogP) is 4.93. The molecule has 0 amide bonds. The van der Waals surface area contributed by atoms with Crippen molar-refractivity contribution in [3.63, 3.8) is 0 Å². The SMILES string of the molecule is O=C(CCc1ccsc1)c1cc(Cl)sc1Cl. The van der Waals surface area contributed by atoms with E-state index in [4.69, 9.17) is 23.2 Å². The zero-order valence-electron chi connectivity index (χ0n) is 8.20. The number of halogens is 2. The smallest absolute Gasteiger partial charge is 0.165 e. The van der Waals surface area contributed by atoms with Gasteiger partial charge in [0.25, 0.3) is 0 Å². The summed E-state index contributed by atoms with van der Waals surface area (Å²) in [6.45, 7) is 0. The lowest BCUT2D eigenvalue weighted by Gasteiger charge is -1.97. The summed E-state index contributed by atoms with van der Waals surface area (Å²) in [5.41, 5.74) is 1.74. The Kier molecular flexibility index (Phi) is 4.03. The molecular weight excluding hydrogens is 283 g/mol. The largest absolute Gasteiger partial charge is 0.294 e.